The SMILES string of the molecule is Cc1sc2nc(SCC(=O)NC3(C#N)CCCCC3)n(C(C)C)c(=O)c2c1C. The van der Waals surface area contributed by atoms with Gasteiger partial charge in [-0.05, 0) is 46.1 Å². The second kappa shape index (κ2) is 8.26. The number of amides is 1. The fourth-order valence-corrected chi connectivity index (χ4v) is 5.70. The summed E-state index contributed by atoms with van der Waals surface area (Å²) in [4.78, 5) is 32.1. The van der Waals surface area contributed by atoms with Gasteiger partial charge in [0.2, 0.25) is 5.91 Å². The maximum Gasteiger partial charge on any atom is 0.263 e. The number of nitrogens with zero attached hydrogens (tertiary/aromatic N) is 3. The third-order valence-corrected chi connectivity index (χ3v) is 7.41. The molecule has 150 valence electrons. The molecule has 0 bridgehead atoms. The van der Waals surface area contributed by atoms with Gasteiger partial charge < -0.3 is 5.32 Å². The van der Waals surface area contributed by atoms with Gasteiger partial charge in [0.1, 0.15) is 10.4 Å². The monoisotopic (exact) mass is 418 g/mol. The minimum absolute atomic E-state index is 0.0504. The van der Waals surface area contributed by atoms with E-state index >= 15 is 0 Å². The minimum Gasteiger partial charge on any atom is -0.337 e. The van der Waals surface area contributed by atoms with Crippen LogP contribution in [0, 0.1) is 25.2 Å². The highest BCUT2D eigenvalue weighted by Gasteiger charge is 2.33. The van der Waals surface area contributed by atoms with Gasteiger partial charge in [0.05, 0.1) is 17.2 Å². The van der Waals surface area contributed by atoms with Gasteiger partial charge >= 0.3 is 0 Å². The van der Waals surface area contributed by atoms with Crippen LogP contribution in [0.1, 0.15) is 62.4 Å². The Morgan fingerprint density at radius 2 is 2.04 bits per heavy atom. The lowest BCUT2D eigenvalue weighted by molar-refractivity contribution is -0.120. The van der Waals surface area contributed by atoms with Crippen LogP contribution in [0.25, 0.3) is 10.2 Å². The number of thiophene rings is 1. The number of carbonyl (C=O) groups excluding carboxylic acids is 1. The molecule has 1 N–H and O–H groups in total. The second-order valence-electron chi connectivity index (χ2n) is 7.72. The topological polar surface area (TPSA) is 87.8 Å². The van der Waals surface area contributed by atoms with Crippen LogP contribution in [-0.2, 0) is 4.79 Å². The molecule has 0 atom stereocenters. The number of nitrogens with one attached hydrogen (secondary N) is 1. The fraction of sp³-hybridized carbons (Fsp3) is 0.600. The molecule has 0 spiro atoms. The molecule has 0 unspecified atom stereocenters. The summed E-state index contributed by atoms with van der Waals surface area (Å²) in [5, 5.41) is 13.7. The molecule has 0 aliphatic heterocycles. The lowest BCUT2D eigenvalue weighted by Crippen LogP contribution is -2.49. The number of nitriles is 1. The Hall–Kier alpha value is -1.85. The number of fused-ring (bicyclic) bond motifs is 1. The Morgan fingerprint density at radius 1 is 1.36 bits per heavy atom. The molecule has 0 saturated heterocycles. The molecular formula is C20H26N4O2S2. The van der Waals surface area contributed by atoms with E-state index in [9.17, 15) is 14.9 Å². The lowest BCUT2D eigenvalue weighted by atomic mass is 9.83. The first-order valence-electron chi connectivity index (χ1n) is 9.65. The minimum atomic E-state index is -0.743. The molecule has 1 aliphatic rings. The number of hydrogen-bond acceptors (Lipinski definition) is 6. The molecule has 1 saturated carbocycles. The Bertz CT molecular complexity index is 994. The molecule has 1 amide bonds. The van der Waals surface area contributed by atoms with Crippen molar-refractivity contribution < 1.29 is 4.79 Å². The van der Waals surface area contributed by atoms with E-state index in [0.717, 1.165) is 34.5 Å². The van der Waals surface area contributed by atoms with E-state index in [1.54, 1.807) is 4.57 Å². The molecule has 2 aromatic heterocycles. The average Bonchev–Trinajstić information content (AvgIpc) is 2.94. The molecule has 0 radical (unpaired) electrons. The van der Waals surface area contributed by atoms with Crippen LogP contribution in [0.2, 0.25) is 0 Å². The lowest BCUT2D eigenvalue weighted by Gasteiger charge is -2.31. The van der Waals surface area contributed by atoms with Crippen molar-refractivity contribution in [1.29, 1.82) is 5.26 Å². The zero-order valence-corrected chi connectivity index (χ0v) is 18.4. The van der Waals surface area contributed by atoms with Gasteiger partial charge in [-0.15, -0.1) is 11.3 Å². The van der Waals surface area contributed by atoms with Gasteiger partial charge in [-0.1, -0.05) is 31.0 Å². The summed E-state index contributed by atoms with van der Waals surface area (Å²) in [7, 11) is 0. The maximum absolute atomic E-state index is 13.1. The zero-order valence-electron chi connectivity index (χ0n) is 16.8. The Balaban J connectivity index is 1.84. The summed E-state index contributed by atoms with van der Waals surface area (Å²) in [5.41, 5.74) is 0.187. The molecule has 8 heteroatoms. The van der Waals surface area contributed by atoms with Gasteiger partial charge in [-0.2, -0.15) is 5.26 Å². The summed E-state index contributed by atoms with van der Waals surface area (Å²) < 4.78 is 1.67. The first-order chi connectivity index (χ1) is 13.3. The Kier molecular flexibility index (Phi) is 6.15. The van der Waals surface area contributed by atoms with Crippen LogP contribution in [0.3, 0.4) is 0 Å². The van der Waals surface area contributed by atoms with Crippen molar-refractivity contribution in [2.75, 3.05) is 5.75 Å². The highest BCUT2D eigenvalue weighted by atomic mass is 32.2. The first kappa shape index (κ1) is 20.9. The molecule has 1 aliphatic carbocycles. The van der Waals surface area contributed by atoms with Crippen molar-refractivity contribution in [3.63, 3.8) is 0 Å². The molecule has 6 nitrogen and oxygen atoms in total. The number of aromatic nitrogens is 2. The van der Waals surface area contributed by atoms with Gasteiger partial charge in [0, 0.05) is 10.9 Å². The molecule has 2 heterocycles. The van der Waals surface area contributed by atoms with Gasteiger partial charge in [-0.3, -0.25) is 14.2 Å². The third-order valence-electron chi connectivity index (χ3n) is 5.35. The van der Waals surface area contributed by atoms with E-state index in [0.29, 0.717) is 23.4 Å². The summed E-state index contributed by atoms with van der Waals surface area (Å²) in [5.74, 6) is -0.0473. The standard InChI is InChI=1S/C20H26N4O2S2/c1-12(2)24-18(26)16-13(3)14(4)28-17(16)22-19(24)27-10-15(25)23-20(11-21)8-6-5-7-9-20/h12H,5-10H2,1-4H3,(H,23,25). The van der Waals surface area contributed by atoms with Crippen LogP contribution < -0.4 is 10.9 Å². The van der Waals surface area contributed by atoms with Crippen molar-refractivity contribution >= 4 is 39.2 Å². The van der Waals surface area contributed by atoms with E-state index in [-0.39, 0.29) is 23.3 Å². The van der Waals surface area contributed by atoms with Crippen LogP contribution in [0.4, 0.5) is 0 Å². The first-order valence-corrected chi connectivity index (χ1v) is 11.5. The predicted molar refractivity (Wildman–Crippen MR) is 114 cm³/mol. The second-order valence-corrected chi connectivity index (χ2v) is 9.86. The molecule has 0 aromatic carbocycles. The predicted octanol–water partition coefficient (Wildman–Crippen LogP) is 4.09. The van der Waals surface area contributed by atoms with E-state index in [1.165, 1.54) is 23.1 Å². The van der Waals surface area contributed by atoms with E-state index < -0.39 is 5.54 Å². The number of rotatable bonds is 5. The molecule has 1 fully saturated rings. The average molecular weight is 419 g/mol. The summed E-state index contributed by atoms with van der Waals surface area (Å²) in [6.45, 7) is 7.83. The van der Waals surface area contributed by atoms with Gasteiger partial charge in [0.15, 0.2) is 5.16 Å². The van der Waals surface area contributed by atoms with Crippen LogP contribution in [0.15, 0.2) is 9.95 Å². The van der Waals surface area contributed by atoms with Crippen LogP contribution in [-0.4, -0.2) is 26.8 Å². The van der Waals surface area contributed by atoms with E-state index in [1.807, 2.05) is 27.7 Å². The quantitative estimate of drug-likeness (QED) is 0.584. The number of hydrogen-bond donors (Lipinski definition) is 1. The largest absolute Gasteiger partial charge is 0.337 e. The van der Waals surface area contributed by atoms with Crippen molar-refractivity contribution in [2.45, 2.75) is 76.5 Å². The molecular weight excluding hydrogens is 392 g/mol. The summed E-state index contributed by atoms with van der Waals surface area (Å²) in [6, 6.07) is 2.25. The van der Waals surface area contributed by atoms with Crippen molar-refractivity contribution in [2.24, 2.45) is 0 Å². The third kappa shape index (κ3) is 3.96. The summed E-state index contributed by atoms with van der Waals surface area (Å²) >= 11 is 2.77. The number of thioether (sulfide) groups is 1. The Labute approximate surface area is 173 Å². The smallest absolute Gasteiger partial charge is 0.263 e. The normalized spacial score (nSPS) is 16.3. The van der Waals surface area contributed by atoms with Gasteiger partial charge in [-0.25, -0.2) is 4.98 Å². The van der Waals surface area contributed by atoms with E-state index in [2.05, 4.69) is 11.4 Å². The Morgan fingerprint density at radius 3 is 2.64 bits per heavy atom. The summed E-state index contributed by atoms with van der Waals surface area (Å²) in [6.07, 6.45) is 4.44. The molecule has 2 aromatic rings. The molecule has 28 heavy (non-hydrogen) atoms. The highest BCUT2D eigenvalue weighted by molar-refractivity contribution is 7.99. The number of carbonyl (C=O) groups is 1. The maximum atomic E-state index is 13.1. The zero-order chi connectivity index (χ0) is 20.5. The van der Waals surface area contributed by atoms with E-state index in [4.69, 9.17) is 4.98 Å². The van der Waals surface area contributed by atoms with Crippen LogP contribution in [0.5, 0.6) is 0 Å². The van der Waals surface area contributed by atoms with Crippen LogP contribution >= 0.6 is 23.1 Å². The number of aryl methyl sites for hydroxylation is 2. The van der Waals surface area contributed by atoms with Gasteiger partial charge in [0.25, 0.3) is 5.56 Å². The van der Waals surface area contributed by atoms with Crippen molar-refractivity contribution in [3.05, 3.63) is 20.8 Å². The van der Waals surface area contributed by atoms with Crippen molar-refractivity contribution in [3.8, 4) is 6.07 Å². The molecule has 3 rings (SSSR count). The highest BCUT2D eigenvalue weighted by Crippen LogP contribution is 2.30. The van der Waals surface area contributed by atoms with Crippen molar-refractivity contribution in [1.82, 2.24) is 14.9 Å². The fourth-order valence-electron chi connectivity index (χ4n) is 3.70.